The summed E-state index contributed by atoms with van der Waals surface area (Å²) in [7, 11) is 1.65. The highest BCUT2D eigenvalue weighted by molar-refractivity contribution is 5.88. The molecule has 4 atom stereocenters. The summed E-state index contributed by atoms with van der Waals surface area (Å²) in [6, 6.07) is 27.0. The molecule has 1 saturated heterocycles. The SMILES string of the molecule is CCC(O)COC1CN(C(=O)OCCCCCO)CC(OCc2cc(O)c3ccccc3c2)C1c1ccc(OCCCOCc2ccccc2OC)cc1. The average molecular weight is 746 g/mol. The van der Waals surface area contributed by atoms with Crippen LogP contribution in [0.3, 0.4) is 0 Å². The number of aromatic hydroxyl groups is 1. The van der Waals surface area contributed by atoms with Crippen molar-refractivity contribution in [2.75, 3.05) is 53.2 Å². The van der Waals surface area contributed by atoms with Crippen LogP contribution in [0, 0.1) is 0 Å². The van der Waals surface area contributed by atoms with Crippen molar-refractivity contribution in [2.45, 2.75) is 76.5 Å². The zero-order valence-corrected chi connectivity index (χ0v) is 31.4. The number of ether oxygens (including phenoxy) is 6. The van der Waals surface area contributed by atoms with Gasteiger partial charge in [-0.15, -0.1) is 0 Å². The molecule has 11 nitrogen and oxygen atoms in total. The Balaban J connectivity index is 1.28. The van der Waals surface area contributed by atoms with Crippen LogP contribution < -0.4 is 9.47 Å². The minimum atomic E-state index is -0.658. The molecule has 1 aliphatic rings. The monoisotopic (exact) mass is 745 g/mol. The number of rotatable bonds is 21. The molecule has 292 valence electrons. The number of fused-ring (bicyclic) bond motifs is 1. The third-order valence-corrected chi connectivity index (χ3v) is 9.64. The molecule has 0 aliphatic carbocycles. The molecule has 4 aromatic carbocycles. The first kappa shape index (κ1) is 40.8. The zero-order valence-electron chi connectivity index (χ0n) is 31.4. The molecule has 11 heteroatoms. The summed E-state index contributed by atoms with van der Waals surface area (Å²) in [6.45, 7) is 4.52. The van der Waals surface area contributed by atoms with E-state index < -0.39 is 24.4 Å². The maximum Gasteiger partial charge on any atom is 0.409 e. The van der Waals surface area contributed by atoms with Gasteiger partial charge in [0.25, 0.3) is 0 Å². The van der Waals surface area contributed by atoms with E-state index in [0.717, 1.165) is 39.6 Å². The number of unbranched alkanes of at least 4 members (excludes halogenated alkanes) is 2. The molecule has 1 heterocycles. The fourth-order valence-electron chi connectivity index (χ4n) is 6.64. The maximum absolute atomic E-state index is 13.4. The van der Waals surface area contributed by atoms with Gasteiger partial charge in [0.05, 0.1) is 78.2 Å². The number of piperidine rings is 1. The minimum Gasteiger partial charge on any atom is -0.507 e. The first-order chi connectivity index (χ1) is 26.4. The highest BCUT2D eigenvalue weighted by Gasteiger charge is 2.42. The number of hydrogen-bond donors (Lipinski definition) is 3. The molecule has 1 fully saturated rings. The molecular weight excluding hydrogens is 690 g/mol. The number of hydrogen-bond acceptors (Lipinski definition) is 10. The lowest BCUT2D eigenvalue weighted by atomic mass is 9.84. The Morgan fingerprint density at radius 1 is 0.852 bits per heavy atom. The summed E-state index contributed by atoms with van der Waals surface area (Å²) in [5.41, 5.74) is 2.74. The van der Waals surface area contributed by atoms with Crippen molar-refractivity contribution in [3.05, 3.63) is 102 Å². The van der Waals surface area contributed by atoms with Crippen molar-refractivity contribution in [1.29, 1.82) is 0 Å². The Morgan fingerprint density at radius 2 is 1.61 bits per heavy atom. The highest BCUT2D eigenvalue weighted by Crippen LogP contribution is 2.35. The van der Waals surface area contributed by atoms with E-state index in [1.54, 1.807) is 18.1 Å². The fourth-order valence-corrected chi connectivity index (χ4v) is 6.64. The van der Waals surface area contributed by atoms with Gasteiger partial charge in [0.1, 0.15) is 17.2 Å². The predicted octanol–water partition coefficient (Wildman–Crippen LogP) is 6.98. The maximum atomic E-state index is 13.4. The van der Waals surface area contributed by atoms with E-state index in [2.05, 4.69) is 0 Å². The first-order valence-corrected chi connectivity index (χ1v) is 19.0. The van der Waals surface area contributed by atoms with Crippen LogP contribution in [-0.2, 0) is 32.2 Å². The lowest BCUT2D eigenvalue weighted by molar-refractivity contribution is -0.104. The largest absolute Gasteiger partial charge is 0.507 e. The van der Waals surface area contributed by atoms with Crippen LogP contribution in [0.1, 0.15) is 61.6 Å². The Bertz CT molecular complexity index is 1720. The molecule has 1 amide bonds. The van der Waals surface area contributed by atoms with Crippen molar-refractivity contribution in [2.24, 2.45) is 0 Å². The molecule has 4 unspecified atom stereocenters. The van der Waals surface area contributed by atoms with E-state index in [4.69, 9.17) is 33.5 Å². The van der Waals surface area contributed by atoms with Crippen molar-refractivity contribution in [1.82, 2.24) is 4.90 Å². The summed E-state index contributed by atoms with van der Waals surface area (Å²) in [6.07, 6.45) is 1.16. The number of nitrogens with zero attached hydrogens (tertiary/aromatic N) is 1. The highest BCUT2D eigenvalue weighted by atomic mass is 16.6. The van der Waals surface area contributed by atoms with E-state index in [0.29, 0.717) is 51.3 Å². The van der Waals surface area contributed by atoms with Crippen molar-refractivity contribution in [3.8, 4) is 17.2 Å². The molecule has 54 heavy (non-hydrogen) atoms. The van der Waals surface area contributed by atoms with Crippen LogP contribution in [0.15, 0.2) is 84.9 Å². The van der Waals surface area contributed by atoms with Crippen LogP contribution in [0.25, 0.3) is 10.8 Å². The van der Waals surface area contributed by atoms with Gasteiger partial charge < -0.3 is 48.6 Å². The third-order valence-electron chi connectivity index (χ3n) is 9.64. The van der Waals surface area contributed by atoms with Gasteiger partial charge in [0.15, 0.2) is 0 Å². The summed E-state index contributed by atoms with van der Waals surface area (Å²) >= 11 is 0. The minimum absolute atomic E-state index is 0.103. The Hall–Kier alpha value is -4.39. The van der Waals surface area contributed by atoms with Crippen LogP contribution in [0.4, 0.5) is 4.79 Å². The fraction of sp³-hybridized carbons (Fsp3) is 0.465. The van der Waals surface area contributed by atoms with Crippen LogP contribution >= 0.6 is 0 Å². The lowest BCUT2D eigenvalue weighted by Gasteiger charge is -2.43. The molecule has 0 spiro atoms. The Kier molecular flexibility index (Phi) is 16.2. The van der Waals surface area contributed by atoms with Crippen molar-refractivity contribution < 1.29 is 48.5 Å². The Morgan fingerprint density at radius 3 is 2.39 bits per heavy atom. The van der Waals surface area contributed by atoms with Gasteiger partial charge in [-0.2, -0.15) is 0 Å². The van der Waals surface area contributed by atoms with Gasteiger partial charge in [0.2, 0.25) is 0 Å². The van der Waals surface area contributed by atoms with Crippen LogP contribution in [0.2, 0.25) is 0 Å². The van der Waals surface area contributed by atoms with Crippen LogP contribution in [-0.4, -0.2) is 97.9 Å². The smallest absolute Gasteiger partial charge is 0.409 e. The standard InChI is InChI=1S/C43H55NO10/c1-3-35(46)30-54-41-27-44(43(48)52-22-10-4-9-20-45)26-40(53-28-31-24-33-12-5-7-14-37(33)38(47)25-31)42(41)32-16-18-36(19-17-32)51-23-11-21-50-29-34-13-6-8-15-39(34)49-2/h5-8,12-19,24-25,35,40-42,45-47H,3-4,9-11,20-23,26-30H2,1-2H3. The van der Waals surface area contributed by atoms with Gasteiger partial charge in [-0.3, -0.25) is 0 Å². The van der Waals surface area contributed by atoms with Crippen molar-refractivity contribution >= 4 is 16.9 Å². The van der Waals surface area contributed by atoms with Crippen LogP contribution in [0.5, 0.6) is 17.2 Å². The van der Waals surface area contributed by atoms with Crippen molar-refractivity contribution in [3.63, 3.8) is 0 Å². The molecule has 5 rings (SSSR count). The molecule has 0 saturated carbocycles. The Labute approximate surface area is 318 Å². The normalized spacial score (nSPS) is 17.7. The summed E-state index contributed by atoms with van der Waals surface area (Å²) in [4.78, 5) is 15.0. The topological polar surface area (TPSA) is 136 Å². The van der Waals surface area contributed by atoms with E-state index >= 15 is 0 Å². The molecule has 4 aromatic rings. The number of amides is 1. The predicted molar refractivity (Wildman–Crippen MR) is 206 cm³/mol. The molecular formula is C43H55NO10. The van der Waals surface area contributed by atoms with Gasteiger partial charge in [-0.25, -0.2) is 4.79 Å². The summed E-state index contributed by atoms with van der Waals surface area (Å²) in [5.74, 6) is 1.40. The van der Waals surface area contributed by atoms with Gasteiger partial charge in [-0.05, 0) is 72.5 Å². The summed E-state index contributed by atoms with van der Waals surface area (Å²) in [5, 5.41) is 32.0. The number of aliphatic hydroxyl groups is 2. The van der Waals surface area contributed by atoms with E-state index in [1.807, 2.05) is 85.8 Å². The second-order valence-corrected chi connectivity index (χ2v) is 13.6. The van der Waals surface area contributed by atoms with Gasteiger partial charge in [0, 0.05) is 29.9 Å². The molecule has 3 N–H and O–H groups in total. The van der Waals surface area contributed by atoms with Gasteiger partial charge >= 0.3 is 6.09 Å². The molecule has 1 aliphatic heterocycles. The second kappa shape index (κ2) is 21.5. The lowest BCUT2D eigenvalue weighted by Crippen LogP contribution is -2.55. The number of benzene rings is 4. The molecule has 0 aromatic heterocycles. The number of phenolic OH excluding ortho intramolecular Hbond substituents is 1. The quantitative estimate of drug-likeness (QED) is 0.0767. The van der Waals surface area contributed by atoms with E-state index in [1.165, 1.54) is 0 Å². The molecule has 0 bridgehead atoms. The number of carbonyl (C=O) groups excluding carboxylic acids is 1. The number of likely N-dealkylation sites (tertiary alicyclic amines) is 1. The average Bonchev–Trinajstić information content (AvgIpc) is 3.20. The number of para-hydroxylation sites is 1. The van der Waals surface area contributed by atoms with E-state index in [-0.39, 0.29) is 51.2 Å². The van der Waals surface area contributed by atoms with Gasteiger partial charge in [-0.1, -0.05) is 61.5 Å². The van der Waals surface area contributed by atoms with E-state index in [9.17, 15) is 15.0 Å². The number of carbonyl (C=O) groups is 1. The third kappa shape index (κ3) is 11.8. The number of aliphatic hydroxyl groups excluding tert-OH is 2. The molecule has 0 radical (unpaired) electrons. The number of phenols is 1. The first-order valence-electron chi connectivity index (χ1n) is 19.0. The second-order valence-electron chi connectivity index (χ2n) is 13.6. The summed E-state index contributed by atoms with van der Waals surface area (Å²) < 4.78 is 35.9. The number of methoxy groups -OCH3 is 1. The zero-order chi connectivity index (χ0) is 38.1.